The molecule has 0 aliphatic heterocycles. The predicted octanol–water partition coefficient (Wildman–Crippen LogP) is 4.16. The molecule has 5 rings (SSSR count). The van der Waals surface area contributed by atoms with Crippen LogP contribution < -0.4 is 11.2 Å². The minimum atomic E-state index is -0.672. The third-order valence-corrected chi connectivity index (χ3v) is 4.81. The molecule has 0 saturated heterocycles. The Balaban J connectivity index is 1.92. The van der Waals surface area contributed by atoms with Crippen molar-refractivity contribution in [2.75, 3.05) is 0 Å². The summed E-state index contributed by atoms with van der Waals surface area (Å²) in [6.45, 7) is 0. The fourth-order valence-electron chi connectivity index (χ4n) is 3.52. The highest BCUT2D eigenvalue weighted by Gasteiger charge is 2.19. The number of hydrogen-bond acceptors (Lipinski definition) is 4. The number of nitrogens with one attached hydrogen (secondary N) is 1. The first-order chi connectivity index (χ1) is 13.1. The van der Waals surface area contributed by atoms with Crippen molar-refractivity contribution in [3.8, 4) is 16.9 Å². The molecular formula is C22H13NO4. The number of H-pyrrole nitrogens is 1. The molecule has 0 aliphatic rings. The standard InChI is InChI=1S/C22H13NO4/c24-20-14-7-3-4-8-17(14)23-21(25)19(20)16-11-15-13-6-2-1-5-12(13)9-10-18(15)27-22(16)26/h1-11H,(H2,23,24,25). The van der Waals surface area contributed by atoms with Gasteiger partial charge in [0.2, 0.25) is 0 Å². The van der Waals surface area contributed by atoms with Crippen LogP contribution in [0.4, 0.5) is 0 Å². The molecule has 0 aliphatic carbocycles. The Morgan fingerprint density at radius 3 is 2.41 bits per heavy atom. The third kappa shape index (κ3) is 2.25. The lowest BCUT2D eigenvalue weighted by Crippen LogP contribution is -2.14. The maximum Gasteiger partial charge on any atom is 0.344 e. The van der Waals surface area contributed by atoms with Crippen molar-refractivity contribution in [2.45, 2.75) is 0 Å². The molecule has 27 heavy (non-hydrogen) atoms. The molecule has 130 valence electrons. The van der Waals surface area contributed by atoms with E-state index in [4.69, 9.17) is 4.42 Å². The molecule has 0 fully saturated rings. The van der Waals surface area contributed by atoms with Gasteiger partial charge in [0, 0.05) is 10.8 Å². The van der Waals surface area contributed by atoms with Crippen molar-refractivity contribution in [1.82, 2.24) is 4.98 Å². The second-order valence-electron chi connectivity index (χ2n) is 6.37. The van der Waals surface area contributed by atoms with Gasteiger partial charge in [-0.15, -0.1) is 0 Å². The van der Waals surface area contributed by atoms with Crippen LogP contribution in [0, 0.1) is 0 Å². The van der Waals surface area contributed by atoms with Crippen LogP contribution in [0.2, 0.25) is 0 Å². The van der Waals surface area contributed by atoms with Gasteiger partial charge in [-0.3, -0.25) is 4.79 Å². The molecule has 0 saturated carbocycles. The minimum Gasteiger partial charge on any atom is -0.506 e. The first kappa shape index (κ1) is 15.4. The van der Waals surface area contributed by atoms with Crippen molar-refractivity contribution >= 4 is 32.6 Å². The van der Waals surface area contributed by atoms with Crippen molar-refractivity contribution < 1.29 is 9.52 Å². The zero-order chi connectivity index (χ0) is 18.5. The second-order valence-corrected chi connectivity index (χ2v) is 6.37. The molecule has 2 heterocycles. The van der Waals surface area contributed by atoms with Gasteiger partial charge in [0.1, 0.15) is 11.3 Å². The summed E-state index contributed by atoms with van der Waals surface area (Å²) in [6, 6.07) is 19.8. The molecule has 5 nitrogen and oxygen atoms in total. The fourth-order valence-corrected chi connectivity index (χ4v) is 3.52. The van der Waals surface area contributed by atoms with E-state index in [9.17, 15) is 14.7 Å². The summed E-state index contributed by atoms with van der Waals surface area (Å²) >= 11 is 0. The molecule has 0 unspecified atom stereocenters. The number of fused-ring (bicyclic) bond motifs is 4. The fraction of sp³-hybridized carbons (Fsp3) is 0. The number of aromatic nitrogens is 1. The number of benzene rings is 3. The van der Waals surface area contributed by atoms with Gasteiger partial charge in [-0.2, -0.15) is 0 Å². The highest BCUT2D eigenvalue weighted by Crippen LogP contribution is 2.33. The Hall–Kier alpha value is -3.86. The van der Waals surface area contributed by atoms with Gasteiger partial charge in [0.15, 0.2) is 0 Å². The largest absolute Gasteiger partial charge is 0.506 e. The number of aromatic hydroxyl groups is 1. The van der Waals surface area contributed by atoms with Gasteiger partial charge in [-0.25, -0.2) is 4.79 Å². The van der Waals surface area contributed by atoms with E-state index in [1.807, 2.05) is 30.3 Å². The van der Waals surface area contributed by atoms with Gasteiger partial charge >= 0.3 is 5.63 Å². The summed E-state index contributed by atoms with van der Waals surface area (Å²) in [5.74, 6) is -0.235. The summed E-state index contributed by atoms with van der Waals surface area (Å²) in [6.07, 6.45) is 0. The summed E-state index contributed by atoms with van der Waals surface area (Å²) < 4.78 is 5.46. The maximum atomic E-state index is 12.6. The Labute approximate surface area is 152 Å². The Bertz CT molecular complexity index is 1480. The highest BCUT2D eigenvalue weighted by molar-refractivity contribution is 6.06. The minimum absolute atomic E-state index is 0.0309. The number of hydrogen-bond donors (Lipinski definition) is 2. The molecule has 3 aromatic carbocycles. The average Bonchev–Trinajstić information content (AvgIpc) is 2.68. The van der Waals surface area contributed by atoms with Gasteiger partial charge in [0.05, 0.1) is 16.6 Å². The zero-order valence-corrected chi connectivity index (χ0v) is 14.0. The highest BCUT2D eigenvalue weighted by atomic mass is 16.4. The second kappa shape index (κ2) is 5.57. The molecule has 5 heteroatoms. The van der Waals surface area contributed by atoms with Crippen molar-refractivity contribution in [2.24, 2.45) is 0 Å². The maximum absolute atomic E-state index is 12.6. The number of para-hydroxylation sites is 1. The molecule has 0 radical (unpaired) electrons. The van der Waals surface area contributed by atoms with E-state index in [-0.39, 0.29) is 16.9 Å². The van der Waals surface area contributed by atoms with Crippen LogP contribution in [0.3, 0.4) is 0 Å². The molecular weight excluding hydrogens is 342 g/mol. The first-order valence-corrected chi connectivity index (χ1v) is 8.43. The summed E-state index contributed by atoms with van der Waals surface area (Å²) in [7, 11) is 0. The van der Waals surface area contributed by atoms with E-state index >= 15 is 0 Å². The number of pyridine rings is 1. The summed E-state index contributed by atoms with van der Waals surface area (Å²) in [4.78, 5) is 27.9. The van der Waals surface area contributed by atoms with Crippen molar-refractivity contribution in [3.05, 3.63) is 87.5 Å². The van der Waals surface area contributed by atoms with Gasteiger partial charge in [-0.05, 0) is 35.0 Å². The lowest BCUT2D eigenvalue weighted by molar-refractivity contribution is 0.481. The number of rotatable bonds is 1. The quantitative estimate of drug-likeness (QED) is 0.349. The van der Waals surface area contributed by atoms with E-state index in [0.29, 0.717) is 21.9 Å². The van der Waals surface area contributed by atoms with Crippen LogP contribution in [0.15, 0.2) is 80.7 Å². The summed E-state index contributed by atoms with van der Waals surface area (Å²) in [5.41, 5.74) is -0.342. The smallest absolute Gasteiger partial charge is 0.344 e. The SMILES string of the molecule is O=c1[nH]c2ccccc2c(O)c1-c1cc2c(ccc3ccccc32)oc1=O. The van der Waals surface area contributed by atoms with Crippen LogP contribution in [0.25, 0.3) is 43.8 Å². The normalized spacial score (nSPS) is 11.4. The zero-order valence-electron chi connectivity index (χ0n) is 14.0. The van der Waals surface area contributed by atoms with Crippen LogP contribution in [0.5, 0.6) is 5.75 Å². The molecule has 2 aromatic heterocycles. The van der Waals surface area contributed by atoms with Crippen molar-refractivity contribution in [3.63, 3.8) is 0 Å². The van der Waals surface area contributed by atoms with Crippen LogP contribution >= 0.6 is 0 Å². The molecule has 5 aromatic rings. The van der Waals surface area contributed by atoms with E-state index in [1.54, 1.807) is 36.4 Å². The monoisotopic (exact) mass is 355 g/mol. The van der Waals surface area contributed by atoms with Gasteiger partial charge < -0.3 is 14.5 Å². The third-order valence-electron chi connectivity index (χ3n) is 4.81. The Morgan fingerprint density at radius 2 is 1.56 bits per heavy atom. The van der Waals surface area contributed by atoms with Crippen LogP contribution in [0.1, 0.15) is 0 Å². The lowest BCUT2D eigenvalue weighted by Gasteiger charge is -2.08. The van der Waals surface area contributed by atoms with Gasteiger partial charge in [-0.1, -0.05) is 42.5 Å². The first-order valence-electron chi connectivity index (χ1n) is 8.43. The average molecular weight is 355 g/mol. The van der Waals surface area contributed by atoms with Gasteiger partial charge in [0.25, 0.3) is 5.56 Å². The Morgan fingerprint density at radius 1 is 0.815 bits per heavy atom. The van der Waals surface area contributed by atoms with E-state index < -0.39 is 11.2 Å². The summed E-state index contributed by atoms with van der Waals surface area (Å²) in [5, 5.41) is 13.7. The van der Waals surface area contributed by atoms with E-state index in [2.05, 4.69) is 4.98 Å². The molecule has 0 spiro atoms. The topological polar surface area (TPSA) is 83.3 Å². The Kier molecular flexibility index (Phi) is 3.18. The molecule has 2 N–H and O–H groups in total. The number of aromatic amines is 1. The van der Waals surface area contributed by atoms with E-state index in [0.717, 1.165) is 10.8 Å². The molecule has 0 bridgehead atoms. The van der Waals surface area contributed by atoms with Crippen molar-refractivity contribution in [1.29, 1.82) is 0 Å². The van der Waals surface area contributed by atoms with E-state index in [1.165, 1.54) is 0 Å². The predicted molar refractivity (Wildman–Crippen MR) is 105 cm³/mol. The lowest BCUT2D eigenvalue weighted by atomic mass is 10.0. The van der Waals surface area contributed by atoms with Crippen LogP contribution in [-0.4, -0.2) is 10.1 Å². The molecule has 0 atom stereocenters. The molecule has 0 amide bonds. The van der Waals surface area contributed by atoms with Crippen LogP contribution in [-0.2, 0) is 0 Å².